The minimum Gasteiger partial charge on any atom is -0.473 e. The number of sulfone groups is 1. The van der Waals surface area contributed by atoms with Gasteiger partial charge in [0, 0.05) is 19.3 Å². The van der Waals surface area contributed by atoms with Crippen molar-refractivity contribution in [1.82, 2.24) is 14.9 Å². The molecule has 164 valence electrons. The molecule has 0 atom stereocenters. The normalized spacial score (nSPS) is 25.1. The van der Waals surface area contributed by atoms with Crippen molar-refractivity contribution in [3.8, 4) is 5.88 Å². The lowest BCUT2D eigenvalue weighted by Crippen LogP contribution is -2.43. The Balaban J connectivity index is 1.38. The molecule has 0 aromatic carbocycles. The molecule has 1 aromatic heterocycles. The molecule has 11 heteroatoms. The highest BCUT2D eigenvalue weighted by Gasteiger charge is 2.33. The van der Waals surface area contributed by atoms with Gasteiger partial charge < -0.3 is 9.47 Å². The maximum Gasteiger partial charge on any atom is 0.401 e. The van der Waals surface area contributed by atoms with Crippen LogP contribution in [0.1, 0.15) is 38.5 Å². The van der Waals surface area contributed by atoms with Crippen LogP contribution in [-0.4, -0.2) is 73.7 Å². The molecule has 2 aliphatic rings. The fourth-order valence-corrected chi connectivity index (χ4v) is 4.23. The first-order chi connectivity index (χ1) is 13.6. The molecule has 1 aromatic rings. The Bertz CT molecular complexity index is 758. The predicted octanol–water partition coefficient (Wildman–Crippen LogP) is 2.61. The van der Waals surface area contributed by atoms with Crippen LogP contribution in [-0.2, 0) is 14.6 Å². The molecular weight excluding hydrogens is 411 g/mol. The van der Waals surface area contributed by atoms with Crippen molar-refractivity contribution in [2.45, 2.75) is 68.0 Å². The summed E-state index contributed by atoms with van der Waals surface area (Å²) in [7, 11) is -3.39. The van der Waals surface area contributed by atoms with Crippen LogP contribution in [0.2, 0.25) is 0 Å². The molecule has 0 spiro atoms. The van der Waals surface area contributed by atoms with Crippen LogP contribution in [0.5, 0.6) is 5.88 Å². The van der Waals surface area contributed by atoms with E-state index in [1.807, 2.05) is 0 Å². The number of likely N-dealkylation sites (tertiary alicyclic amines) is 1. The molecule has 1 aliphatic carbocycles. The molecule has 0 bridgehead atoms. The van der Waals surface area contributed by atoms with Gasteiger partial charge in [0.1, 0.15) is 6.10 Å². The predicted molar refractivity (Wildman–Crippen MR) is 98.4 cm³/mol. The molecule has 1 aliphatic heterocycles. The third kappa shape index (κ3) is 7.07. The van der Waals surface area contributed by atoms with Gasteiger partial charge in [-0.05, 0) is 38.5 Å². The summed E-state index contributed by atoms with van der Waals surface area (Å²) < 4.78 is 72.1. The highest BCUT2D eigenvalue weighted by molar-refractivity contribution is 7.90. The number of alkyl halides is 3. The Kier molecular flexibility index (Phi) is 7.00. The van der Waals surface area contributed by atoms with E-state index in [0.29, 0.717) is 31.8 Å². The number of aromatic nitrogens is 2. The minimum absolute atomic E-state index is 0.0105. The standard InChI is InChI=1S/C18H26F3N3O4S/c1-29(25,26)17-11-22-16(10-23-17)28-14-4-2-13(3-5-14)27-15-6-8-24(9-7-15)12-18(19,20)21/h10-11,13-15H,2-9,12H2,1H3. The van der Waals surface area contributed by atoms with Crippen LogP contribution in [0.3, 0.4) is 0 Å². The maximum absolute atomic E-state index is 12.5. The maximum atomic E-state index is 12.5. The second-order valence-electron chi connectivity index (χ2n) is 7.71. The van der Waals surface area contributed by atoms with E-state index >= 15 is 0 Å². The number of piperidine rings is 1. The molecule has 2 fully saturated rings. The number of halogens is 3. The zero-order valence-corrected chi connectivity index (χ0v) is 17.1. The Morgan fingerprint density at radius 1 is 1.00 bits per heavy atom. The highest BCUT2D eigenvalue weighted by atomic mass is 32.2. The number of rotatable bonds is 6. The first kappa shape index (κ1) is 22.2. The van der Waals surface area contributed by atoms with E-state index < -0.39 is 22.6 Å². The molecule has 7 nitrogen and oxygen atoms in total. The van der Waals surface area contributed by atoms with Crippen LogP contribution in [0.25, 0.3) is 0 Å². The summed E-state index contributed by atoms with van der Waals surface area (Å²) in [5.41, 5.74) is 0. The van der Waals surface area contributed by atoms with Gasteiger partial charge in [-0.2, -0.15) is 13.2 Å². The van der Waals surface area contributed by atoms with Gasteiger partial charge in [0.25, 0.3) is 0 Å². The molecule has 0 N–H and O–H groups in total. The van der Waals surface area contributed by atoms with Crippen molar-refractivity contribution in [2.75, 3.05) is 25.9 Å². The van der Waals surface area contributed by atoms with Gasteiger partial charge in [0.2, 0.25) is 5.88 Å². The first-order valence-corrected chi connectivity index (χ1v) is 11.6. The lowest BCUT2D eigenvalue weighted by Gasteiger charge is -2.36. The van der Waals surface area contributed by atoms with E-state index in [1.54, 1.807) is 0 Å². The van der Waals surface area contributed by atoms with E-state index in [1.165, 1.54) is 17.3 Å². The second kappa shape index (κ2) is 9.13. The average molecular weight is 437 g/mol. The summed E-state index contributed by atoms with van der Waals surface area (Å²) in [6, 6.07) is 0. The SMILES string of the molecule is CS(=O)(=O)c1cnc(OC2CCC(OC3CCN(CC(F)(F)F)CC3)CC2)cn1. The molecule has 0 amide bonds. The van der Waals surface area contributed by atoms with Gasteiger partial charge in [0.05, 0.1) is 31.1 Å². The summed E-state index contributed by atoms with van der Waals surface area (Å²) in [5.74, 6) is 0.291. The van der Waals surface area contributed by atoms with Crippen LogP contribution >= 0.6 is 0 Å². The smallest absolute Gasteiger partial charge is 0.401 e. The van der Waals surface area contributed by atoms with Crippen LogP contribution < -0.4 is 4.74 Å². The molecular formula is C18H26F3N3O4S. The molecule has 29 heavy (non-hydrogen) atoms. The van der Waals surface area contributed by atoms with Gasteiger partial charge in [0.15, 0.2) is 14.9 Å². The highest BCUT2D eigenvalue weighted by Crippen LogP contribution is 2.28. The number of ether oxygens (including phenoxy) is 2. The van der Waals surface area contributed by atoms with E-state index in [2.05, 4.69) is 9.97 Å². The summed E-state index contributed by atoms with van der Waals surface area (Å²) in [4.78, 5) is 9.30. The van der Waals surface area contributed by atoms with E-state index in [-0.39, 0.29) is 23.3 Å². The zero-order chi connectivity index (χ0) is 21.1. The van der Waals surface area contributed by atoms with Gasteiger partial charge >= 0.3 is 6.18 Å². The van der Waals surface area contributed by atoms with Crippen molar-refractivity contribution in [2.24, 2.45) is 0 Å². The fourth-order valence-electron chi connectivity index (χ4n) is 3.74. The van der Waals surface area contributed by atoms with Gasteiger partial charge in [-0.25, -0.2) is 18.4 Å². The summed E-state index contributed by atoms with van der Waals surface area (Å²) in [6.45, 7) is -0.0359. The lowest BCUT2D eigenvalue weighted by molar-refractivity contribution is -0.153. The number of nitrogens with zero attached hydrogens (tertiary/aromatic N) is 3. The first-order valence-electron chi connectivity index (χ1n) is 9.72. The van der Waals surface area contributed by atoms with Crippen molar-refractivity contribution in [3.63, 3.8) is 0 Å². The molecule has 0 unspecified atom stereocenters. The Morgan fingerprint density at radius 3 is 2.10 bits per heavy atom. The fraction of sp³-hybridized carbons (Fsp3) is 0.778. The Morgan fingerprint density at radius 2 is 1.59 bits per heavy atom. The number of hydrogen-bond acceptors (Lipinski definition) is 7. The van der Waals surface area contributed by atoms with Crippen molar-refractivity contribution >= 4 is 9.84 Å². The third-order valence-electron chi connectivity index (χ3n) is 5.22. The van der Waals surface area contributed by atoms with Gasteiger partial charge in [-0.15, -0.1) is 0 Å². The average Bonchev–Trinajstić information content (AvgIpc) is 2.63. The monoisotopic (exact) mass is 437 g/mol. The third-order valence-corrected chi connectivity index (χ3v) is 6.19. The summed E-state index contributed by atoms with van der Waals surface area (Å²) >= 11 is 0. The molecule has 1 saturated carbocycles. The molecule has 0 radical (unpaired) electrons. The summed E-state index contributed by atoms with van der Waals surface area (Å²) in [5, 5.41) is -0.0942. The van der Waals surface area contributed by atoms with E-state index in [9.17, 15) is 21.6 Å². The van der Waals surface area contributed by atoms with Crippen molar-refractivity contribution in [3.05, 3.63) is 12.4 Å². The largest absolute Gasteiger partial charge is 0.473 e. The minimum atomic E-state index is -4.15. The lowest BCUT2D eigenvalue weighted by atomic mass is 9.94. The van der Waals surface area contributed by atoms with E-state index in [0.717, 1.165) is 31.9 Å². The Hall–Kier alpha value is -1.46. The molecule has 3 rings (SSSR count). The quantitative estimate of drug-likeness (QED) is 0.677. The van der Waals surface area contributed by atoms with Gasteiger partial charge in [-0.1, -0.05) is 0 Å². The number of hydrogen-bond donors (Lipinski definition) is 0. The van der Waals surface area contributed by atoms with Crippen molar-refractivity contribution in [1.29, 1.82) is 0 Å². The van der Waals surface area contributed by atoms with E-state index in [4.69, 9.17) is 9.47 Å². The second-order valence-corrected chi connectivity index (χ2v) is 9.67. The van der Waals surface area contributed by atoms with Crippen LogP contribution in [0, 0.1) is 0 Å². The van der Waals surface area contributed by atoms with Gasteiger partial charge in [-0.3, -0.25) is 4.90 Å². The van der Waals surface area contributed by atoms with Crippen LogP contribution in [0.15, 0.2) is 17.4 Å². The zero-order valence-electron chi connectivity index (χ0n) is 16.3. The Labute approximate surface area is 168 Å². The molecule has 2 heterocycles. The van der Waals surface area contributed by atoms with Crippen LogP contribution in [0.4, 0.5) is 13.2 Å². The summed E-state index contributed by atoms with van der Waals surface area (Å²) in [6.07, 6.45) is 3.87. The molecule has 1 saturated heterocycles. The topological polar surface area (TPSA) is 81.6 Å². The van der Waals surface area contributed by atoms with Crippen molar-refractivity contribution < 1.29 is 31.1 Å².